The number of rotatable bonds is 5. The molecule has 0 saturated heterocycles. The largest absolute Gasteiger partial charge is 0.353 e. The van der Waals surface area contributed by atoms with Crippen LogP contribution in [-0.2, 0) is 16.6 Å². The van der Waals surface area contributed by atoms with Crippen molar-refractivity contribution in [3.05, 3.63) is 12.4 Å². The van der Waals surface area contributed by atoms with E-state index in [9.17, 15) is 9.59 Å². The number of carbonyl (C=O) groups is 2. The predicted molar refractivity (Wildman–Crippen MR) is 96.9 cm³/mol. The summed E-state index contributed by atoms with van der Waals surface area (Å²) in [5.41, 5.74) is 0.746. The van der Waals surface area contributed by atoms with Gasteiger partial charge in [0, 0.05) is 31.6 Å². The van der Waals surface area contributed by atoms with Crippen molar-refractivity contribution in [2.24, 2.45) is 18.9 Å². The Hall–Kier alpha value is -1.85. The molecule has 1 aromatic heterocycles. The average molecular weight is 346 g/mol. The Morgan fingerprint density at radius 1 is 1.12 bits per heavy atom. The van der Waals surface area contributed by atoms with Crippen molar-refractivity contribution >= 4 is 17.5 Å². The summed E-state index contributed by atoms with van der Waals surface area (Å²) in [7, 11) is 1.83. The number of aryl methyl sites for hydroxylation is 1. The molecule has 2 aliphatic rings. The molecule has 6 heteroatoms. The summed E-state index contributed by atoms with van der Waals surface area (Å²) < 4.78 is 1.67. The molecule has 1 heterocycles. The number of carbonyl (C=O) groups excluding carboxylic acids is 2. The maximum absolute atomic E-state index is 12.3. The molecule has 0 bridgehead atoms. The number of anilines is 1. The highest BCUT2D eigenvalue weighted by molar-refractivity contribution is 5.92. The van der Waals surface area contributed by atoms with Gasteiger partial charge in [0.05, 0.1) is 11.9 Å². The molecule has 0 atom stereocenters. The van der Waals surface area contributed by atoms with E-state index in [-0.39, 0.29) is 23.8 Å². The fraction of sp³-hybridized carbons (Fsp3) is 0.737. The third-order valence-electron chi connectivity index (χ3n) is 5.63. The van der Waals surface area contributed by atoms with Gasteiger partial charge in [-0.2, -0.15) is 5.10 Å². The van der Waals surface area contributed by atoms with Crippen LogP contribution in [0.2, 0.25) is 0 Å². The average Bonchev–Trinajstić information content (AvgIpc) is 3.01. The molecule has 0 aliphatic heterocycles. The van der Waals surface area contributed by atoms with Gasteiger partial charge in [-0.3, -0.25) is 14.3 Å². The van der Waals surface area contributed by atoms with E-state index in [0.29, 0.717) is 12.3 Å². The van der Waals surface area contributed by atoms with Crippen molar-refractivity contribution in [3.63, 3.8) is 0 Å². The first kappa shape index (κ1) is 18.0. The molecule has 2 amide bonds. The van der Waals surface area contributed by atoms with Crippen molar-refractivity contribution in [2.45, 2.75) is 70.3 Å². The minimum Gasteiger partial charge on any atom is -0.353 e. The maximum atomic E-state index is 12.3. The second-order valence-corrected chi connectivity index (χ2v) is 7.72. The lowest BCUT2D eigenvalue weighted by atomic mass is 9.84. The zero-order valence-electron chi connectivity index (χ0n) is 15.2. The van der Waals surface area contributed by atoms with Gasteiger partial charge in [-0.05, 0) is 44.4 Å². The minimum atomic E-state index is 0.0340. The van der Waals surface area contributed by atoms with E-state index in [1.165, 1.54) is 32.1 Å². The fourth-order valence-electron chi connectivity index (χ4n) is 4.17. The highest BCUT2D eigenvalue weighted by Crippen LogP contribution is 2.28. The molecule has 2 saturated carbocycles. The van der Waals surface area contributed by atoms with Crippen molar-refractivity contribution in [1.29, 1.82) is 0 Å². The second-order valence-electron chi connectivity index (χ2n) is 7.72. The molecular weight excluding hydrogens is 316 g/mol. The lowest BCUT2D eigenvalue weighted by Gasteiger charge is -2.29. The van der Waals surface area contributed by atoms with Crippen LogP contribution in [0.4, 0.5) is 5.69 Å². The number of nitrogens with zero attached hydrogens (tertiary/aromatic N) is 2. The van der Waals surface area contributed by atoms with Crippen LogP contribution >= 0.6 is 0 Å². The summed E-state index contributed by atoms with van der Waals surface area (Å²) in [5, 5.41) is 10.2. The van der Waals surface area contributed by atoms with Crippen LogP contribution in [0.5, 0.6) is 0 Å². The predicted octanol–water partition coefficient (Wildman–Crippen LogP) is 3.00. The molecule has 25 heavy (non-hydrogen) atoms. The monoisotopic (exact) mass is 346 g/mol. The Balaban J connectivity index is 1.37. The van der Waals surface area contributed by atoms with E-state index in [4.69, 9.17) is 0 Å². The minimum absolute atomic E-state index is 0.0340. The van der Waals surface area contributed by atoms with Gasteiger partial charge in [-0.1, -0.05) is 19.3 Å². The molecular formula is C19H30N4O2. The summed E-state index contributed by atoms with van der Waals surface area (Å²) in [4.78, 5) is 24.6. The molecule has 138 valence electrons. The zero-order chi connectivity index (χ0) is 17.6. The van der Waals surface area contributed by atoms with E-state index >= 15 is 0 Å². The Bertz CT molecular complexity index is 584. The van der Waals surface area contributed by atoms with E-state index in [1.807, 2.05) is 7.05 Å². The van der Waals surface area contributed by atoms with Crippen LogP contribution in [0.1, 0.15) is 64.2 Å². The van der Waals surface area contributed by atoms with E-state index in [1.54, 1.807) is 17.1 Å². The Morgan fingerprint density at radius 2 is 1.84 bits per heavy atom. The van der Waals surface area contributed by atoms with Crippen LogP contribution < -0.4 is 10.6 Å². The first-order chi connectivity index (χ1) is 12.1. The molecule has 2 aliphatic carbocycles. The fourth-order valence-corrected chi connectivity index (χ4v) is 4.17. The van der Waals surface area contributed by atoms with Crippen LogP contribution in [0.25, 0.3) is 0 Å². The molecule has 2 N–H and O–H groups in total. The number of hydrogen-bond donors (Lipinski definition) is 2. The van der Waals surface area contributed by atoms with Gasteiger partial charge in [0.1, 0.15) is 0 Å². The number of amides is 2. The van der Waals surface area contributed by atoms with Crippen molar-refractivity contribution in [3.8, 4) is 0 Å². The van der Waals surface area contributed by atoms with Crippen LogP contribution in [0, 0.1) is 11.8 Å². The third-order valence-corrected chi connectivity index (χ3v) is 5.63. The second kappa shape index (κ2) is 8.50. The Labute approximate surface area is 149 Å². The SMILES string of the molecule is Cn1cc(NC(=O)C2CCC(NC(=O)CC3CCCCC3)CC2)cn1. The van der Waals surface area contributed by atoms with Gasteiger partial charge < -0.3 is 10.6 Å². The Kier molecular flexibility index (Phi) is 6.10. The summed E-state index contributed by atoms with van der Waals surface area (Å²) in [6.07, 6.45) is 13.9. The molecule has 6 nitrogen and oxygen atoms in total. The van der Waals surface area contributed by atoms with Crippen molar-refractivity contribution < 1.29 is 9.59 Å². The maximum Gasteiger partial charge on any atom is 0.227 e. The molecule has 0 radical (unpaired) electrons. The highest BCUT2D eigenvalue weighted by atomic mass is 16.2. The quantitative estimate of drug-likeness (QED) is 0.860. The highest BCUT2D eigenvalue weighted by Gasteiger charge is 2.28. The van der Waals surface area contributed by atoms with E-state index < -0.39 is 0 Å². The van der Waals surface area contributed by atoms with Crippen molar-refractivity contribution in [2.75, 3.05) is 5.32 Å². The molecule has 0 aromatic carbocycles. The topological polar surface area (TPSA) is 76.0 Å². The zero-order valence-corrected chi connectivity index (χ0v) is 15.2. The van der Waals surface area contributed by atoms with Crippen LogP contribution in [0.15, 0.2) is 12.4 Å². The molecule has 1 aromatic rings. The first-order valence-electron chi connectivity index (χ1n) is 9.69. The normalized spacial score (nSPS) is 24.7. The number of nitrogens with one attached hydrogen (secondary N) is 2. The van der Waals surface area contributed by atoms with Crippen molar-refractivity contribution in [1.82, 2.24) is 15.1 Å². The third kappa shape index (κ3) is 5.31. The summed E-state index contributed by atoms with van der Waals surface area (Å²) >= 11 is 0. The number of aromatic nitrogens is 2. The van der Waals surface area contributed by atoms with Crippen LogP contribution in [-0.4, -0.2) is 27.6 Å². The van der Waals surface area contributed by atoms with Gasteiger partial charge in [0.2, 0.25) is 11.8 Å². The molecule has 0 unspecified atom stereocenters. The van der Waals surface area contributed by atoms with Gasteiger partial charge >= 0.3 is 0 Å². The van der Waals surface area contributed by atoms with Gasteiger partial charge in [0.15, 0.2) is 0 Å². The van der Waals surface area contributed by atoms with Crippen LogP contribution in [0.3, 0.4) is 0 Å². The Morgan fingerprint density at radius 3 is 2.48 bits per heavy atom. The first-order valence-corrected chi connectivity index (χ1v) is 9.69. The van der Waals surface area contributed by atoms with Gasteiger partial charge in [-0.25, -0.2) is 0 Å². The number of hydrogen-bond acceptors (Lipinski definition) is 3. The summed E-state index contributed by atoms with van der Waals surface area (Å²) in [6.45, 7) is 0. The van der Waals surface area contributed by atoms with Gasteiger partial charge in [0.25, 0.3) is 0 Å². The smallest absolute Gasteiger partial charge is 0.227 e. The lowest BCUT2D eigenvalue weighted by molar-refractivity contribution is -0.123. The van der Waals surface area contributed by atoms with Gasteiger partial charge in [-0.15, -0.1) is 0 Å². The van der Waals surface area contributed by atoms with E-state index in [0.717, 1.165) is 31.4 Å². The molecule has 2 fully saturated rings. The molecule has 3 rings (SSSR count). The summed E-state index contributed by atoms with van der Waals surface area (Å²) in [5.74, 6) is 0.886. The lowest BCUT2D eigenvalue weighted by Crippen LogP contribution is -2.40. The molecule has 0 spiro atoms. The van der Waals surface area contributed by atoms with E-state index in [2.05, 4.69) is 15.7 Å². The summed E-state index contributed by atoms with van der Waals surface area (Å²) in [6, 6.07) is 0.235. The standard InChI is InChI=1S/C19H30N4O2/c1-23-13-17(12-20-23)22-19(25)15-7-9-16(10-8-15)21-18(24)11-14-5-3-2-4-6-14/h12-16H,2-11H2,1H3,(H,21,24)(H,22,25).